The van der Waals surface area contributed by atoms with Gasteiger partial charge in [-0.2, -0.15) is 15.5 Å². The summed E-state index contributed by atoms with van der Waals surface area (Å²) >= 11 is 0. The normalized spacial score (nSPS) is 11.1. The van der Waals surface area contributed by atoms with Crippen LogP contribution in [0.25, 0.3) is 0 Å². The maximum Gasteiger partial charge on any atom is 0.289 e. The lowest BCUT2D eigenvalue weighted by Crippen LogP contribution is -2.22. The van der Waals surface area contributed by atoms with E-state index in [4.69, 9.17) is 0 Å². The van der Waals surface area contributed by atoms with E-state index in [-0.39, 0.29) is 5.56 Å². The highest BCUT2D eigenvalue weighted by atomic mass is 16.1. The van der Waals surface area contributed by atoms with Crippen molar-refractivity contribution in [1.82, 2.24) is 14.5 Å². The molecule has 0 spiro atoms. The third-order valence-corrected chi connectivity index (χ3v) is 4.86. The fourth-order valence-corrected chi connectivity index (χ4v) is 3.19. The van der Waals surface area contributed by atoms with Crippen molar-refractivity contribution in [2.45, 2.75) is 41.2 Å². The lowest BCUT2D eigenvalue weighted by atomic mass is 10.1. The molecule has 0 aliphatic rings. The minimum absolute atomic E-state index is 0.117. The predicted octanol–water partition coefficient (Wildman–Crippen LogP) is 3.39. The highest BCUT2D eigenvalue weighted by Gasteiger charge is 2.12. The van der Waals surface area contributed by atoms with Crippen LogP contribution in [0.15, 0.2) is 40.2 Å². The summed E-state index contributed by atoms with van der Waals surface area (Å²) < 4.78 is 3.20. The largest absolute Gasteiger partial charge is 0.289 e. The van der Waals surface area contributed by atoms with Gasteiger partial charge in [0.1, 0.15) is 11.6 Å². The van der Waals surface area contributed by atoms with Gasteiger partial charge in [-0.05, 0) is 51.8 Å². The van der Waals surface area contributed by atoms with Gasteiger partial charge in [-0.25, -0.2) is 4.68 Å². The summed E-state index contributed by atoms with van der Waals surface area (Å²) in [4.78, 5) is 12.5. The summed E-state index contributed by atoms with van der Waals surface area (Å²) in [6.07, 6.45) is 1.65. The van der Waals surface area contributed by atoms with Crippen LogP contribution in [0.2, 0.25) is 0 Å². The van der Waals surface area contributed by atoms with E-state index in [1.54, 1.807) is 26.1 Å². The molecule has 6 nitrogen and oxygen atoms in total. The Hall–Kier alpha value is -3.46. The number of hydrogen-bond donors (Lipinski definition) is 0. The number of benzene rings is 1. The predicted molar refractivity (Wildman–Crippen MR) is 110 cm³/mol. The molecule has 0 aliphatic heterocycles. The van der Waals surface area contributed by atoms with Gasteiger partial charge in [0, 0.05) is 17.0 Å². The molecule has 3 rings (SSSR count). The molecule has 0 unspecified atom stereocenters. The standard InChI is InChI=1S/C22H23N5O/c1-14-6-8-19(9-7-14)13-26-18(5)21(17(4)25-26)12-24-27-16(3)10-15(2)20(11-23)22(27)28/h6-10,12H,13H2,1-5H3. The molecule has 0 N–H and O–H groups in total. The second-order valence-corrected chi connectivity index (χ2v) is 7.04. The maximum atomic E-state index is 12.5. The van der Waals surface area contributed by atoms with Gasteiger partial charge in [-0.3, -0.25) is 9.48 Å². The van der Waals surface area contributed by atoms with Gasteiger partial charge in [0.05, 0.1) is 18.5 Å². The van der Waals surface area contributed by atoms with Crippen molar-refractivity contribution in [3.05, 3.63) is 85.6 Å². The van der Waals surface area contributed by atoms with E-state index in [1.165, 1.54) is 15.8 Å². The number of aromatic nitrogens is 3. The zero-order valence-electron chi connectivity index (χ0n) is 16.8. The van der Waals surface area contributed by atoms with Crippen molar-refractivity contribution < 1.29 is 0 Å². The molecule has 0 aliphatic carbocycles. The molecule has 28 heavy (non-hydrogen) atoms. The van der Waals surface area contributed by atoms with Gasteiger partial charge in [-0.15, -0.1) is 0 Å². The van der Waals surface area contributed by atoms with Crippen LogP contribution in [0.4, 0.5) is 0 Å². The molecular weight excluding hydrogens is 350 g/mol. The number of hydrogen-bond acceptors (Lipinski definition) is 4. The minimum atomic E-state index is -0.404. The van der Waals surface area contributed by atoms with Crippen LogP contribution in [0, 0.1) is 45.9 Å². The molecule has 0 saturated carbocycles. The average Bonchev–Trinajstić information content (AvgIpc) is 2.90. The van der Waals surface area contributed by atoms with Gasteiger partial charge >= 0.3 is 0 Å². The van der Waals surface area contributed by atoms with E-state index in [9.17, 15) is 10.1 Å². The van der Waals surface area contributed by atoms with Crippen molar-refractivity contribution in [2.24, 2.45) is 5.10 Å². The second kappa shape index (κ2) is 7.65. The zero-order chi connectivity index (χ0) is 20.4. The van der Waals surface area contributed by atoms with E-state index < -0.39 is 5.56 Å². The van der Waals surface area contributed by atoms with Gasteiger partial charge in [0.2, 0.25) is 0 Å². The molecule has 2 aromatic heterocycles. The van der Waals surface area contributed by atoms with E-state index in [0.29, 0.717) is 17.8 Å². The Morgan fingerprint density at radius 1 is 1.14 bits per heavy atom. The van der Waals surface area contributed by atoms with Crippen LogP contribution in [0.3, 0.4) is 0 Å². The van der Waals surface area contributed by atoms with Crippen LogP contribution < -0.4 is 5.56 Å². The van der Waals surface area contributed by atoms with Gasteiger partial charge in [0.25, 0.3) is 5.56 Å². The number of nitriles is 1. The lowest BCUT2D eigenvalue weighted by molar-refractivity contribution is 0.659. The van der Waals surface area contributed by atoms with Crippen molar-refractivity contribution in [3.8, 4) is 6.07 Å². The number of nitrogens with zero attached hydrogens (tertiary/aromatic N) is 5. The molecule has 3 aromatic rings. The fourth-order valence-electron chi connectivity index (χ4n) is 3.19. The summed E-state index contributed by atoms with van der Waals surface area (Å²) in [5.41, 5.74) is 6.13. The summed E-state index contributed by atoms with van der Waals surface area (Å²) in [5.74, 6) is 0. The highest BCUT2D eigenvalue weighted by Crippen LogP contribution is 2.14. The molecule has 0 amide bonds. The summed E-state index contributed by atoms with van der Waals surface area (Å²) in [5, 5.41) is 18.2. The third kappa shape index (κ3) is 3.65. The molecule has 2 heterocycles. The summed E-state index contributed by atoms with van der Waals surface area (Å²) in [7, 11) is 0. The van der Waals surface area contributed by atoms with E-state index >= 15 is 0 Å². The Bertz CT molecular complexity index is 1160. The number of pyridine rings is 1. The molecule has 0 saturated heterocycles. The van der Waals surface area contributed by atoms with Crippen LogP contribution in [-0.4, -0.2) is 20.7 Å². The summed E-state index contributed by atoms with van der Waals surface area (Å²) in [6.45, 7) is 10.2. The van der Waals surface area contributed by atoms with Crippen LogP contribution in [0.1, 0.15) is 44.9 Å². The van der Waals surface area contributed by atoms with E-state index in [2.05, 4.69) is 41.4 Å². The number of rotatable bonds is 4. The van der Waals surface area contributed by atoms with Gasteiger partial charge in [0.15, 0.2) is 0 Å². The monoisotopic (exact) mass is 373 g/mol. The minimum Gasteiger partial charge on any atom is -0.266 e. The Kier molecular flexibility index (Phi) is 5.27. The molecule has 0 radical (unpaired) electrons. The first-order valence-corrected chi connectivity index (χ1v) is 9.09. The molecule has 0 bridgehead atoms. The van der Waals surface area contributed by atoms with Gasteiger partial charge in [-0.1, -0.05) is 29.8 Å². The third-order valence-electron chi connectivity index (χ3n) is 4.86. The Morgan fingerprint density at radius 2 is 1.82 bits per heavy atom. The zero-order valence-corrected chi connectivity index (χ0v) is 16.8. The van der Waals surface area contributed by atoms with Crippen LogP contribution in [-0.2, 0) is 6.54 Å². The SMILES string of the molecule is Cc1ccc(Cn2nc(C)c(C=Nn3c(C)cc(C)c(C#N)c3=O)c2C)cc1. The van der Waals surface area contributed by atoms with E-state index in [0.717, 1.165) is 17.0 Å². The highest BCUT2D eigenvalue weighted by molar-refractivity contribution is 5.82. The maximum absolute atomic E-state index is 12.5. The molecule has 6 heteroatoms. The van der Waals surface area contributed by atoms with E-state index in [1.807, 2.05) is 24.6 Å². The molecular formula is C22H23N5O. The van der Waals surface area contributed by atoms with Gasteiger partial charge < -0.3 is 0 Å². The second-order valence-electron chi connectivity index (χ2n) is 7.04. The Labute approximate surface area is 164 Å². The quantitative estimate of drug-likeness (QED) is 0.658. The first kappa shape index (κ1) is 19.3. The molecule has 142 valence electrons. The molecule has 0 fully saturated rings. The smallest absolute Gasteiger partial charge is 0.266 e. The molecule has 1 aromatic carbocycles. The van der Waals surface area contributed by atoms with Crippen molar-refractivity contribution in [1.29, 1.82) is 5.26 Å². The van der Waals surface area contributed by atoms with Crippen molar-refractivity contribution >= 4 is 6.21 Å². The first-order valence-electron chi connectivity index (χ1n) is 9.09. The topological polar surface area (TPSA) is 76.0 Å². The lowest BCUT2D eigenvalue weighted by Gasteiger charge is -2.07. The van der Waals surface area contributed by atoms with Crippen molar-refractivity contribution in [3.63, 3.8) is 0 Å². The number of aryl methyl sites for hydroxylation is 4. The Balaban J connectivity index is 1.96. The summed E-state index contributed by atoms with van der Waals surface area (Å²) in [6, 6.07) is 12.1. The molecule has 0 atom stereocenters. The first-order chi connectivity index (χ1) is 13.3. The van der Waals surface area contributed by atoms with Crippen molar-refractivity contribution in [2.75, 3.05) is 0 Å². The average molecular weight is 373 g/mol. The van der Waals surface area contributed by atoms with Crippen LogP contribution >= 0.6 is 0 Å². The van der Waals surface area contributed by atoms with Crippen LogP contribution in [0.5, 0.6) is 0 Å². The fraction of sp³-hybridized carbons (Fsp3) is 0.273. The Morgan fingerprint density at radius 3 is 2.46 bits per heavy atom.